The van der Waals surface area contributed by atoms with Crippen LogP contribution in [0.2, 0.25) is 5.02 Å². The molecule has 1 heterocycles. The fourth-order valence-electron chi connectivity index (χ4n) is 1.93. The zero-order chi connectivity index (χ0) is 14.5. The predicted octanol–water partition coefficient (Wildman–Crippen LogP) is 2.67. The van der Waals surface area contributed by atoms with Gasteiger partial charge in [0.05, 0.1) is 13.1 Å². The van der Waals surface area contributed by atoms with E-state index in [2.05, 4.69) is 22.0 Å². The van der Waals surface area contributed by atoms with Crippen molar-refractivity contribution in [1.82, 2.24) is 15.0 Å². The zero-order valence-electron chi connectivity index (χ0n) is 12.1. The highest BCUT2D eigenvalue weighted by molar-refractivity contribution is 6.30. The monoisotopic (exact) mass is 330 g/mol. The fraction of sp³-hybridized carbons (Fsp3) is 0.429. The third kappa shape index (κ3) is 5.28. The van der Waals surface area contributed by atoms with E-state index in [0.717, 1.165) is 11.4 Å². The van der Waals surface area contributed by atoms with Crippen molar-refractivity contribution in [3.63, 3.8) is 0 Å². The topological polar surface area (TPSA) is 68.2 Å². The van der Waals surface area contributed by atoms with Crippen molar-refractivity contribution < 1.29 is 4.52 Å². The van der Waals surface area contributed by atoms with E-state index in [0.29, 0.717) is 24.3 Å². The van der Waals surface area contributed by atoms with Crippen LogP contribution in [0, 0.1) is 0 Å². The second-order valence-corrected chi connectivity index (χ2v) is 5.34. The minimum atomic E-state index is 0. The highest BCUT2D eigenvalue weighted by atomic mass is 35.5. The number of likely N-dealkylation sites (N-methyl/N-ethyl adjacent to an activating group) is 1. The number of benzene rings is 1. The van der Waals surface area contributed by atoms with Crippen LogP contribution in [0.15, 0.2) is 28.8 Å². The lowest BCUT2D eigenvalue weighted by molar-refractivity contribution is 0.238. The second-order valence-electron chi connectivity index (χ2n) is 4.90. The largest absolute Gasteiger partial charge is 0.338 e. The van der Waals surface area contributed by atoms with Crippen LogP contribution in [-0.4, -0.2) is 28.1 Å². The number of nitrogens with zero attached hydrogens (tertiary/aromatic N) is 3. The third-order valence-corrected chi connectivity index (χ3v) is 3.52. The van der Waals surface area contributed by atoms with Crippen molar-refractivity contribution >= 4 is 24.0 Å². The lowest BCUT2D eigenvalue weighted by Gasteiger charge is -2.23. The summed E-state index contributed by atoms with van der Waals surface area (Å²) in [6.07, 6.45) is 0.940. The molecule has 0 radical (unpaired) electrons. The highest BCUT2D eigenvalue weighted by Crippen LogP contribution is 2.13. The SMILES string of the molecule is CC(Cc1ccc(Cl)cc1)N(C)Cc1noc(CN)n1.Cl. The number of hydrogen-bond donors (Lipinski definition) is 1. The summed E-state index contributed by atoms with van der Waals surface area (Å²) in [4.78, 5) is 6.39. The Morgan fingerprint density at radius 2 is 2.00 bits per heavy atom. The maximum absolute atomic E-state index is 5.89. The third-order valence-electron chi connectivity index (χ3n) is 3.27. The van der Waals surface area contributed by atoms with Gasteiger partial charge in [-0.3, -0.25) is 4.90 Å². The van der Waals surface area contributed by atoms with Crippen LogP contribution < -0.4 is 5.73 Å². The zero-order valence-corrected chi connectivity index (χ0v) is 13.7. The summed E-state index contributed by atoms with van der Waals surface area (Å²) in [5.74, 6) is 1.13. The van der Waals surface area contributed by atoms with Gasteiger partial charge in [-0.25, -0.2) is 0 Å². The molecule has 5 nitrogen and oxygen atoms in total. The average Bonchev–Trinajstić information content (AvgIpc) is 2.89. The summed E-state index contributed by atoms with van der Waals surface area (Å²) in [6, 6.07) is 8.28. The molecule has 0 aliphatic carbocycles. The Balaban J connectivity index is 0.00000220. The Hall–Kier alpha value is -1.14. The van der Waals surface area contributed by atoms with Crippen LogP contribution >= 0.6 is 24.0 Å². The standard InChI is InChI=1S/C14H19ClN4O.ClH/c1-10(7-11-3-5-12(15)6-4-11)19(2)9-13-17-14(8-16)20-18-13;/h3-6,10H,7-9,16H2,1-2H3;1H. The lowest BCUT2D eigenvalue weighted by atomic mass is 10.1. The quantitative estimate of drug-likeness (QED) is 0.881. The Kier molecular flexibility index (Phi) is 7.11. The highest BCUT2D eigenvalue weighted by Gasteiger charge is 2.13. The Morgan fingerprint density at radius 3 is 2.57 bits per heavy atom. The van der Waals surface area contributed by atoms with Gasteiger partial charge in [-0.2, -0.15) is 4.98 Å². The van der Waals surface area contributed by atoms with Crippen LogP contribution in [0.3, 0.4) is 0 Å². The van der Waals surface area contributed by atoms with Gasteiger partial charge >= 0.3 is 0 Å². The van der Waals surface area contributed by atoms with Crippen molar-refractivity contribution in [2.45, 2.75) is 32.5 Å². The molecule has 0 amide bonds. The van der Waals surface area contributed by atoms with E-state index in [1.807, 2.05) is 31.3 Å². The van der Waals surface area contributed by atoms with Gasteiger partial charge in [0.25, 0.3) is 0 Å². The van der Waals surface area contributed by atoms with E-state index >= 15 is 0 Å². The minimum Gasteiger partial charge on any atom is -0.338 e. The van der Waals surface area contributed by atoms with Gasteiger partial charge in [0, 0.05) is 11.1 Å². The number of nitrogens with two attached hydrogens (primary N) is 1. The molecule has 0 spiro atoms. The number of hydrogen-bond acceptors (Lipinski definition) is 5. The molecule has 2 aromatic rings. The molecule has 1 aromatic heterocycles. The number of rotatable bonds is 6. The smallest absolute Gasteiger partial charge is 0.240 e. The molecule has 0 bridgehead atoms. The molecule has 7 heteroatoms. The van der Waals surface area contributed by atoms with Crippen LogP contribution in [0.4, 0.5) is 0 Å². The first-order chi connectivity index (χ1) is 9.58. The minimum absolute atomic E-state index is 0. The maximum atomic E-state index is 5.89. The summed E-state index contributed by atoms with van der Waals surface area (Å²) in [6.45, 7) is 3.08. The molecular weight excluding hydrogens is 311 g/mol. The maximum Gasteiger partial charge on any atom is 0.240 e. The van der Waals surface area contributed by atoms with E-state index in [-0.39, 0.29) is 19.0 Å². The molecule has 116 valence electrons. The van der Waals surface area contributed by atoms with Crippen molar-refractivity contribution in [2.75, 3.05) is 7.05 Å². The summed E-state index contributed by atoms with van der Waals surface area (Å²) >= 11 is 5.89. The Morgan fingerprint density at radius 1 is 1.33 bits per heavy atom. The van der Waals surface area contributed by atoms with Gasteiger partial charge in [-0.15, -0.1) is 12.4 Å². The van der Waals surface area contributed by atoms with Crippen LogP contribution in [-0.2, 0) is 19.5 Å². The molecule has 21 heavy (non-hydrogen) atoms. The van der Waals surface area contributed by atoms with E-state index in [1.165, 1.54) is 5.56 Å². The predicted molar refractivity (Wildman–Crippen MR) is 85.5 cm³/mol. The fourth-order valence-corrected chi connectivity index (χ4v) is 2.06. The molecule has 1 unspecified atom stereocenters. The first-order valence-corrected chi connectivity index (χ1v) is 6.92. The number of aromatic nitrogens is 2. The van der Waals surface area contributed by atoms with Gasteiger partial charge in [0.2, 0.25) is 5.89 Å². The molecule has 1 atom stereocenters. The molecule has 0 aliphatic rings. The van der Waals surface area contributed by atoms with Crippen molar-refractivity contribution in [1.29, 1.82) is 0 Å². The Bertz CT molecular complexity index is 544. The van der Waals surface area contributed by atoms with Crippen molar-refractivity contribution in [3.05, 3.63) is 46.6 Å². The molecular formula is C14H20Cl2N4O. The van der Waals surface area contributed by atoms with Gasteiger partial charge < -0.3 is 10.3 Å². The summed E-state index contributed by atoms with van der Waals surface area (Å²) in [5, 5.41) is 4.66. The van der Waals surface area contributed by atoms with Crippen molar-refractivity contribution in [3.8, 4) is 0 Å². The summed E-state index contributed by atoms with van der Waals surface area (Å²) in [7, 11) is 2.04. The summed E-state index contributed by atoms with van der Waals surface area (Å²) < 4.78 is 5.00. The number of halogens is 2. The lowest BCUT2D eigenvalue weighted by Crippen LogP contribution is -2.30. The molecule has 0 saturated carbocycles. The first-order valence-electron chi connectivity index (χ1n) is 6.54. The van der Waals surface area contributed by atoms with E-state index < -0.39 is 0 Å². The van der Waals surface area contributed by atoms with Crippen LogP contribution in [0.5, 0.6) is 0 Å². The van der Waals surface area contributed by atoms with Gasteiger partial charge in [-0.05, 0) is 38.1 Å². The summed E-state index contributed by atoms with van der Waals surface area (Å²) in [5.41, 5.74) is 6.70. The second kappa shape index (κ2) is 8.34. The van der Waals surface area contributed by atoms with Gasteiger partial charge in [-0.1, -0.05) is 28.9 Å². The van der Waals surface area contributed by atoms with E-state index in [4.69, 9.17) is 21.9 Å². The van der Waals surface area contributed by atoms with Crippen molar-refractivity contribution in [2.24, 2.45) is 5.73 Å². The van der Waals surface area contributed by atoms with E-state index in [9.17, 15) is 0 Å². The molecule has 2 rings (SSSR count). The molecule has 0 saturated heterocycles. The van der Waals surface area contributed by atoms with E-state index in [1.54, 1.807) is 0 Å². The van der Waals surface area contributed by atoms with Gasteiger partial charge in [0.15, 0.2) is 5.82 Å². The normalized spacial score (nSPS) is 12.2. The average molecular weight is 331 g/mol. The molecule has 0 fully saturated rings. The molecule has 2 N–H and O–H groups in total. The Labute approximate surface area is 135 Å². The first kappa shape index (κ1) is 17.9. The molecule has 1 aromatic carbocycles. The molecule has 0 aliphatic heterocycles. The van der Waals surface area contributed by atoms with Crippen LogP contribution in [0.25, 0.3) is 0 Å². The van der Waals surface area contributed by atoms with Gasteiger partial charge in [0.1, 0.15) is 0 Å². The van der Waals surface area contributed by atoms with Crippen LogP contribution in [0.1, 0.15) is 24.2 Å².